The Morgan fingerprint density at radius 2 is 1.72 bits per heavy atom. The summed E-state index contributed by atoms with van der Waals surface area (Å²) in [6.07, 6.45) is 7.11. The Morgan fingerprint density at radius 3 is 2.56 bits per heavy atom. The normalized spacial score (nSPS) is 17.0. The van der Waals surface area contributed by atoms with E-state index >= 15 is 0 Å². The minimum atomic E-state index is 0.645. The highest BCUT2D eigenvalue weighted by atomic mass is 15.0. The maximum absolute atomic E-state index is 4.53. The fraction of sp³-hybridized carbons (Fsp3) is 0.318. The molecule has 2 saturated carbocycles. The molecule has 5 rings (SSSR count). The Hall–Kier alpha value is -2.39. The number of fused-ring (bicyclic) bond motifs is 1. The second kappa shape index (κ2) is 6.16. The van der Waals surface area contributed by atoms with Gasteiger partial charge in [0.2, 0.25) is 0 Å². The number of aromatic nitrogens is 1. The van der Waals surface area contributed by atoms with E-state index in [4.69, 9.17) is 0 Å². The van der Waals surface area contributed by atoms with Gasteiger partial charge in [-0.25, -0.2) is 0 Å². The predicted octanol–water partition coefficient (Wildman–Crippen LogP) is 4.73. The molecule has 2 aromatic carbocycles. The molecular formula is C22H23N3. The number of pyridine rings is 1. The van der Waals surface area contributed by atoms with E-state index in [9.17, 15) is 0 Å². The number of hydrogen-bond donors (Lipinski definition) is 2. The Morgan fingerprint density at radius 1 is 0.880 bits per heavy atom. The molecule has 0 spiro atoms. The van der Waals surface area contributed by atoms with Crippen LogP contribution in [0, 0.1) is 0 Å². The zero-order valence-corrected chi connectivity index (χ0v) is 14.3. The number of anilines is 1. The summed E-state index contributed by atoms with van der Waals surface area (Å²) in [5.41, 5.74) is 6.15. The van der Waals surface area contributed by atoms with Crippen molar-refractivity contribution in [1.29, 1.82) is 0 Å². The molecule has 1 heterocycles. The van der Waals surface area contributed by atoms with Gasteiger partial charge in [-0.3, -0.25) is 4.98 Å². The minimum Gasteiger partial charge on any atom is -0.382 e. The lowest BCUT2D eigenvalue weighted by atomic mass is 10.0. The first kappa shape index (κ1) is 14.9. The number of rotatable bonds is 6. The van der Waals surface area contributed by atoms with E-state index < -0.39 is 0 Å². The summed E-state index contributed by atoms with van der Waals surface area (Å²) in [4.78, 5) is 4.53. The van der Waals surface area contributed by atoms with Crippen LogP contribution in [0.2, 0.25) is 0 Å². The van der Waals surface area contributed by atoms with Gasteiger partial charge in [0, 0.05) is 35.9 Å². The van der Waals surface area contributed by atoms with E-state index in [1.54, 1.807) is 0 Å². The largest absolute Gasteiger partial charge is 0.382 e. The number of benzene rings is 2. The van der Waals surface area contributed by atoms with Crippen LogP contribution in [0.25, 0.3) is 22.0 Å². The topological polar surface area (TPSA) is 37.0 Å². The van der Waals surface area contributed by atoms with Crippen molar-refractivity contribution in [2.45, 2.75) is 44.3 Å². The zero-order valence-electron chi connectivity index (χ0n) is 14.3. The van der Waals surface area contributed by atoms with Gasteiger partial charge in [0.1, 0.15) is 0 Å². The van der Waals surface area contributed by atoms with Crippen LogP contribution in [-0.4, -0.2) is 17.1 Å². The lowest BCUT2D eigenvalue weighted by Gasteiger charge is -2.11. The zero-order chi connectivity index (χ0) is 16.6. The van der Waals surface area contributed by atoms with E-state index in [1.807, 2.05) is 6.20 Å². The Labute approximate surface area is 148 Å². The van der Waals surface area contributed by atoms with E-state index in [1.165, 1.54) is 53.4 Å². The highest BCUT2D eigenvalue weighted by Gasteiger charge is 2.22. The van der Waals surface area contributed by atoms with E-state index in [0.717, 1.165) is 18.1 Å². The van der Waals surface area contributed by atoms with Crippen LogP contribution in [0.1, 0.15) is 31.2 Å². The van der Waals surface area contributed by atoms with E-state index in [2.05, 4.69) is 64.1 Å². The summed E-state index contributed by atoms with van der Waals surface area (Å²) in [6, 6.07) is 19.0. The summed E-state index contributed by atoms with van der Waals surface area (Å²) in [5.74, 6) is 0. The highest BCUT2D eigenvalue weighted by molar-refractivity contribution is 5.94. The molecule has 2 fully saturated rings. The van der Waals surface area contributed by atoms with Gasteiger partial charge in [-0.2, -0.15) is 0 Å². The standard InChI is InChI=1S/C22H23N3/c1-2-15(14-24-18-5-6-18)12-16(3-1)17-4-9-21-20(13-17)22(10-11-23-21)25-19-7-8-19/h1-4,9-13,18-19,24H,5-8,14H2,(H,23,25). The minimum absolute atomic E-state index is 0.645. The monoisotopic (exact) mass is 329 g/mol. The molecule has 0 amide bonds. The fourth-order valence-electron chi connectivity index (χ4n) is 3.31. The molecule has 2 aliphatic rings. The van der Waals surface area contributed by atoms with Crippen molar-refractivity contribution in [2.75, 3.05) is 5.32 Å². The fourth-order valence-corrected chi connectivity index (χ4v) is 3.31. The van der Waals surface area contributed by atoms with Gasteiger partial charge < -0.3 is 10.6 Å². The molecule has 2 N–H and O–H groups in total. The molecule has 0 saturated heterocycles. The molecule has 0 radical (unpaired) electrons. The van der Waals surface area contributed by atoms with Crippen LogP contribution in [0.15, 0.2) is 54.7 Å². The van der Waals surface area contributed by atoms with Gasteiger partial charge in [0.15, 0.2) is 0 Å². The summed E-state index contributed by atoms with van der Waals surface area (Å²) in [5, 5.41) is 8.45. The van der Waals surface area contributed by atoms with Crippen molar-refractivity contribution in [3.8, 4) is 11.1 Å². The molecule has 0 aliphatic heterocycles. The third kappa shape index (κ3) is 3.38. The number of nitrogens with one attached hydrogen (secondary N) is 2. The number of hydrogen-bond acceptors (Lipinski definition) is 3. The van der Waals surface area contributed by atoms with Gasteiger partial charge in [0.05, 0.1) is 5.52 Å². The molecule has 0 bridgehead atoms. The van der Waals surface area contributed by atoms with Crippen LogP contribution in [0.5, 0.6) is 0 Å². The van der Waals surface area contributed by atoms with E-state index in [-0.39, 0.29) is 0 Å². The first-order valence-electron chi connectivity index (χ1n) is 9.33. The van der Waals surface area contributed by atoms with Crippen molar-refractivity contribution >= 4 is 16.6 Å². The first-order chi connectivity index (χ1) is 12.3. The molecular weight excluding hydrogens is 306 g/mol. The SMILES string of the molecule is c1cc(CNC2CC2)cc(-c2ccc3nccc(NC4CC4)c3c2)c1. The van der Waals surface area contributed by atoms with Crippen LogP contribution in [-0.2, 0) is 6.54 Å². The summed E-state index contributed by atoms with van der Waals surface area (Å²) in [6.45, 7) is 0.960. The highest BCUT2D eigenvalue weighted by Crippen LogP contribution is 2.32. The van der Waals surface area contributed by atoms with Gasteiger partial charge >= 0.3 is 0 Å². The third-order valence-corrected chi connectivity index (χ3v) is 5.11. The molecule has 3 heteroatoms. The maximum Gasteiger partial charge on any atom is 0.0723 e. The van der Waals surface area contributed by atoms with Crippen LogP contribution in [0.4, 0.5) is 5.69 Å². The maximum atomic E-state index is 4.53. The lowest BCUT2D eigenvalue weighted by Crippen LogP contribution is -2.15. The Bertz CT molecular complexity index is 910. The first-order valence-corrected chi connectivity index (χ1v) is 9.33. The summed E-state index contributed by atoms with van der Waals surface area (Å²) in [7, 11) is 0. The smallest absolute Gasteiger partial charge is 0.0723 e. The van der Waals surface area contributed by atoms with Crippen LogP contribution < -0.4 is 10.6 Å². The molecule has 1 aromatic heterocycles. The van der Waals surface area contributed by atoms with Crippen LogP contribution >= 0.6 is 0 Å². The van der Waals surface area contributed by atoms with Gasteiger partial charge in [0.25, 0.3) is 0 Å². The molecule has 126 valence electrons. The van der Waals surface area contributed by atoms with Crippen molar-refractivity contribution in [2.24, 2.45) is 0 Å². The molecule has 0 atom stereocenters. The summed E-state index contributed by atoms with van der Waals surface area (Å²) >= 11 is 0. The Balaban J connectivity index is 1.48. The molecule has 3 nitrogen and oxygen atoms in total. The van der Waals surface area contributed by atoms with Gasteiger partial charge in [-0.1, -0.05) is 24.3 Å². The van der Waals surface area contributed by atoms with Crippen molar-refractivity contribution in [3.63, 3.8) is 0 Å². The van der Waals surface area contributed by atoms with Crippen LogP contribution in [0.3, 0.4) is 0 Å². The predicted molar refractivity (Wildman–Crippen MR) is 104 cm³/mol. The Kier molecular flexibility index (Phi) is 3.67. The molecule has 2 aliphatic carbocycles. The van der Waals surface area contributed by atoms with Crippen molar-refractivity contribution in [3.05, 3.63) is 60.3 Å². The summed E-state index contributed by atoms with van der Waals surface area (Å²) < 4.78 is 0. The third-order valence-electron chi connectivity index (χ3n) is 5.11. The van der Waals surface area contributed by atoms with E-state index in [0.29, 0.717) is 6.04 Å². The van der Waals surface area contributed by atoms with Crippen molar-refractivity contribution < 1.29 is 0 Å². The van der Waals surface area contributed by atoms with Crippen molar-refractivity contribution in [1.82, 2.24) is 10.3 Å². The van der Waals surface area contributed by atoms with Gasteiger partial charge in [-0.15, -0.1) is 0 Å². The molecule has 3 aromatic rings. The second-order valence-corrected chi connectivity index (χ2v) is 7.36. The lowest BCUT2D eigenvalue weighted by molar-refractivity contribution is 0.688. The average Bonchev–Trinajstić information content (AvgIpc) is 3.55. The van der Waals surface area contributed by atoms with Gasteiger partial charge in [-0.05, 0) is 66.6 Å². The average molecular weight is 329 g/mol. The molecule has 0 unspecified atom stereocenters. The molecule has 25 heavy (non-hydrogen) atoms. The quantitative estimate of drug-likeness (QED) is 0.686. The number of nitrogens with zero attached hydrogens (tertiary/aromatic N) is 1. The second-order valence-electron chi connectivity index (χ2n) is 7.36.